The van der Waals surface area contributed by atoms with Gasteiger partial charge in [0.25, 0.3) is 0 Å². The Bertz CT molecular complexity index is 985. The number of fused-ring (bicyclic) bond motifs is 1. The number of aromatic nitrogens is 3. The maximum absolute atomic E-state index is 12.4. The number of nitrogens with zero attached hydrogens (tertiary/aromatic N) is 3. The van der Waals surface area contributed by atoms with E-state index < -0.39 is 10.0 Å². The van der Waals surface area contributed by atoms with Crippen LogP contribution in [0.4, 0.5) is 0 Å². The van der Waals surface area contributed by atoms with E-state index in [-0.39, 0.29) is 11.4 Å². The van der Waals surface area contributed by atoms with Crippen molar-refractivity contribution in [2.45, 2.75) is 11.3 Å². The van der Waals surface area contributed by atoms with Crippen molar-refractivity contribution < 1.29 is 17.9 Å². The van der Waals surface area contributed by atoms with E-state index in [4.69, 9.17) is 9.47 Å². The monoisotopic (exact) mass is 362 g/mol. The van der Waals surface area contributed by atoms with Gasteiger partial charge in [0, 0.05) is 25.2 Å². The summed E-state index contributed by atoms with van der Waals surface area (Å²) in [4.78, 5) is 0.108. The molecular weight excluding hydrogens is 344 g/mol. The van der Waals surface area contributed by atoms with Gasteiger partial charge in [-0.2, -0.15) is 0 Å². The number of methoxy groups -OCH3 is 2. The zero-order valence-electron chi connectivity index (χ0n) is 13.8. The third-order valence-electron chi connectivity index (χ3n) is 3.69. The van der Waals surface area contributed by atoms with Gasteiger partial charge in [0.05, 0.1) is 19.1 Å². The van der Waals surface area contributed by atoms with E-state index in [0.29, 0.717) is 23.7 Å². The second-order valence-corrected chi connectivity index (χ2v) is 6.98. The second-order valence-electron chi connectivity index (χ2n) is 5.21. The molecule has 8 nitrogen and oxygen atoms in total. The summed E-state index contributed by atoms with van der Waals surface area (Å²) < 4.78 is 39.5. The minimum absolute atomic E-state index is 0.108. The summed E-state index contributed by atoms with van der Waals surface area (Å²) in [6.07, 6.45) is 2.26. The topological polar surface area (TPSA) is 94.8 Å². The fourth-order valence-electron chi connectivity index (χ4n) is 2.43. The van der Waals surface area contributed by atoms with Gasteiger partial charge in [0.2, 0.25) is 10.0 Å². The highest BCUT2D eigenvalue weighted by atomic mass is 32.2. The molecule has 2 heterocycles. The number of hydrogen-bond acceptors (Lipinski definition) is 6. The molecule has 0 amide bonds. The van der Waals surface area contributed by atoms with E-state index in [9.17, 15) is 8.42 Å². The van der Waals surface area contributed by atoms with Gasteiger partial charge in [0.15, 0.2) is 17.1 Å². The average Bonchev–Trinajstić information content (AvgIpc) is 3.04. The van der Waals surface area contributed by atoms with Crippen molar-refractivity contribution in [1.29, 1.82) is 0 Å². The molecule has 0 aliphatic carbocycles. The molecule has 1 N–H and O–H groups in total. The summed E-state index contributed by atoms with van der Waals surface area (Å²) >= 11 is 0. The Kier molecular flexibility index (Phi) is 4.86. The van der Waals surface area contributed by atoms with Crippen molar-refractivity contribution in [3.05, 3.63) is 48.4 Å². The molecule has 25 heavy (non-hydrogen) atoms. The van der Waals surface area contributed by atoms with E-state index in [0.717, 1.165) is 5.65 Å². The predicted molar refractivity (Wildman–Crippen MR) is 91.4 cm³/mol. The highest BCUT2D eigenvalue weighted by Gasteiger charge is 2.17. The Morgan fingerprint density at radius 3 is 2.64 bits per heavy atom. The van der Waals surface area contributed by atoms with Crippen LogP contribution in [0.2, 0.25) is 0 Å². The first-order valence-corrected chi connectivity index (χ1v) is 9.04. The lowest BCUT2D eigenvalue weighted by Gasteiger charge is -2.10. The van der Waals surface area contributed by atoms with E-state index in [1.54, 1.807) is 6.07 Å². The highest BCUT2D eigenvalue weighted by molar-refractivity contribution is 7.89. The Labute approximate surface area is 145 Å². The third kappa shape index (κ3) is 3.57. The quantitative estimate of drug-likeness (QED) is 0.680. The molecule has 0 aliphatic rings. The summed E-state index contributed by atoms with van der Waals surface area (Å²) in [5, 5.41) is 8.12. The van der Waals surface area contributed by atoms with Gasteiger partial charge in [0.1, 0.15) is 5.82 Å². The molecule has 3 rings (SSSR count). The summed E-state index contributed by atoms with van der Waals surface area (Å²) in [6.45, 7) is 0.201. The van der Waals surface area contributed by atoms with Crippen LogP contribution in [0.25, 0.3) is 5.65 Å². The van der Waals surface area contributed by atoms with Gasteiger partial charge in [-0.3, -0.25) is 4.40 Å². The smallest absolute Gasteiger partial charge is 0.240 e. The fourth-order valence-corrected chi connectivity index (χ4v) is 3.47. The molecule has 0 unspecified atom stereocenters. The number of pyridine rings is 1. The molecule has 0 saturated carbocycles. The van der Waals surface area contributed by atoms with Crippen LogP contribution in [0.5, 0.6) is 11.5 Å². The van der Waals surface area contributed by atoms with Crippen LogP contribution in [-0.2, 0) is 16.4 Å². The first kappa shape index (κ1) is 17.2. The minimum Gasteiger partial charge on any atom is -0.493 e. The molecule has 0 fully saturated rings. The molecule has 3 aromatic rings. The Balaban J connectivity index is 1.72. The lowest BCUT2D eigenvalue weighted by Crippen LogP contribution is -2.26. The Morgan fingerprint density at radius 1 is 1.08 bits per heavy atom. The number of benzene rings is 1. The first-order valence-electron chi connectivity index (χ1n) is 7.55. The van der Waals surface area contributed by atoms with E-state index in [2.05, 4.69) is 14.9 Å². The number of sulfonamides is 1. The minimum atomic E-state index is -3.67. The highest BCUT2D eigenvalue weighted by Crippen LogP contribution is 2.29. The fraction of sp³-hybridized carbons (Fsp3) is 0.250. The zero-order chi connectivity index (χ0) is 17.9. The summed E-state index contributed by atoms with van der Waals surface area (Å²) in [5.41, 5.74) is 0.722. The van der Waals surface area contributed by atoms with Gasteiger partial charge in [-0.05, 0) is 24.3 Å². The van der Waals surface area contributed by atoms with Gasteiger partial charge >= 0.3 is 0 Å². The molecule has 132 valence electrons. The number of nitrogens with one attached hydrogen (secondary N) is 1. The lowest BCUT2D eigenvalue weighted by atomic mass is 10.3. The third-order valence-corrected chi connectivity index (χ3v) is 5.15. The van der Waals surface area contributed by atoms with Crippen LogP contribution < -0.4 is 14.2 Å². The van der Waals surface area contributed by atoms with Gasteiger partial charge in [-0.1, -0.05) is 6.07 Å². The molecule has 9 heteroatoms. The predicted octanol–water partition coefficient (Wildman–Crippen LogP) is 1.27. The second kappa shape index (κ2) is 7.08. The van der Waals surface area contributed by atoms with E-state index in [1.807, 2.05) is 28.8 Å². The van der Waals surface area contributed by atoms with Gasteiger partial charge in [-0.15, -0.1) is 10.2 Å². The summed E-state index contributed by atoms with van der Waals surface area (Å²) in [6, 6.07) is 10.0. The van der Waals surface area contributed by atoms with Crippen molar-refractivity contribution in [3.8, 4) is 11.5 Å². The molecular formula is C16H18N4O4S. The average molecular weight is 362 g/mol. The van der Waals surface area contributed by atoms with Crippen molar-refractivity contribution in [3.63, 3.8) is 0 Å². The van der Waals surface area contributed by atoms with Crippen LogP contribution in [0, 0.1) is 0 Å². The molecule has 0 spiro atoms. The van der Waals surface area contributed by atoms with Crippen LogP contribution in [0.15, 0.2) is 47.5 Å². The SMILES string of the molecule is COc1ccc(S(=O)(=O)NCCc2nnc3ccccn23)cc1OC. The van der Waals surface area contributed by atoms with E-state index in [1.165, 1.54) is 26.4 Å². The normalized spacial score (nSPS) is 11.6. The molecule has 0 atom stereocenters. The Morgan fingerprint density at radius 2 is 1.88 bits per heavy atom. The molecule has 0 saturated heterocycles. The summed E-state index contributed by atoms with van der Waals surface area (Å²) in [7, 11) is -0.718. The first-order chi connectivity index (χ1) is 12.0. The molecule has 0 radical (unpaired) electrons. The van der Waals surface area contributed by atoms with Crippen molar-refractivity contribution in [2.24, 2.45) is 0 Å². The molecule has 0 aliphatic heterocycles. The lowest BCUT2D eigenvalue weighted by molar-refractivity contribution is 0.354. The van der Waals surface area contributed by atoms with Crippen LogP contribution >= 0.6 is 0 Å². The molecule has 2 aromatic heterocycles. The van der Waals surface area contributed by atoms with Crippen molar-refractivity contribution in [2.75, 3.05) is 20.8 Å². The molecule has 0 bridgehead atoms. The van der Waals surface area contributed by atoms with Crippen LogP contribution in [-0.4, -0.2) is 43.8 Å². The van der Waals surface area contributed by atoms with Gasteiger partial charge in [-0.25, -0.2) is 13.1 Å². The van der Waals surface area contributed by atoms with E-state index >= 15 is 0 Å². The van der Waals surface area contributed by atoms with Crippen molar-refractivity contribution in [1.82, 2.24) is 19.3 Å². The number of hydrogen-bond donors (Lipinski definition) is 1. The number of ether oxygens (including phenoxy) is 2. The van der Waals surface area contributed by atoms with Crippen LogP contribution in [0.1, 0.15) is 5.82 Å². The maximum Gasteiger partial charge on any atom is 0.240 e. The standard InChI is InChI=1S/C16H18N4O4S/c1-23-13-7-6-12(11-14(13)24-2)25(21,22)17-9-8-16-19-18-15-5-3-4-10-20(15)16/h3-7,10-11,17H,8-9H2,1-2H3. The Hall–Kier alpha value is -2.65. The van der Waals surface area contributed by atoms with Crippen molar-refractivity contribution >= 4 is 15.7 Å². The number of rotatable bonds is 7. The largest absolute Gasteiger partial charge is 0.493 e. The van der Waals surface area contributed by atoms with Gasteiger partial charge < -0.3 is 9.47 Å². The molecule has 1 aromatic carbocycles. The van der Waals surface area contributed by atoms with Crippen LogP contribution in [0.3, 0.4) is 0 Å². The summed E-state index contributed by atoms with van der Waals surface area (Å²) in [5.74, 6) is 1.51. The zero-order valence-corrected chi connectivity index (χ0v) is 14.7. The maximum atomic E-state index is 12.4.